The van der Waals surface area contributed by atoms with Crippen LogP contribution in [0.4, 0.5) is 5.82 Å². The fourth-order valence-corrected chi connectivity index (χ4v) is 1.39. The normalized spacial score (nSPS) is 10.9. The van der Waals surface area contributed by atoms with E-state index >= 15 is 0 Å². The lowest BCUT2D eigenvalue weighted by atomic mass is 9.90. The lowest BCUT2D eigenvalue weighted by molar-refractivity contribution is 0.157. The Balaban J connectivity index is 2.52. The fraction of sp³-hybridized carbons (Fsp3) is 0.538. The largest absolute Gasteiger partial charge is 0.385 e. The summed E-state index contributed by atoms with van der Waals surface area (Å²) in [4.78, 5) is 4.17. The molecule has 0 fully saturated rings. The van der Waals surface area contributed by atoms with Crippen LogP contribution < -0.4 is 5.32 Å². The van der Waals surface area contributed by atoms with Crippen molar-refractivity contribution < 1.29 is 4.74 Å². The maximum atomic E-state index is 8.75. The molecule has 0 aliphatic heterocycles. The van der Waals surface area contributed by atoms with E-state index in [0.29, 0.717) is 5.69 Å². The van der Waals surface area contributed by atoms with E-state index in [2.05, 4.69) is 24.1 Å². The van der Waals surface area contributed by atoms with Gasteiger partial charge in [0.05, 0.1) is 0 Å². The molecule has 0 saturated carbocycles. The van der Waals surface area contributed by atoms with E-state index in [1.165, 1.54) is 0 Å². The molecule has 4 nitrogen and oxygen atoms in total. The number of pyridine rings is 1. The van der Waals surface area contributed by atoms with E-state index in [1.807, 2.05) is 18.2 Å². The van der Waals surface area contributed by atoms with E-state index < -0.39 is 0 Å². The van der Waals surface area contributed by atoms with Crippen LogP contribution >= 0.6 is 0 Å². The van der Waals surface area contributed by atoms with Gasteiger partial charge in [-0.25, -0.2) is 4.98 Å². The maximum absolute atomic E-state index is 8.75. The fourth-order valence-electron chi connectivity index (χ4n) is 1.39. The average Bonchev–Trinajstić information content (AvgIpc) is 2.34. The first-order chi connectivity index (χ1) is 8.07. The Bertz CT molecular complexity index is 396. The Labute approximate surface area is 103 Å². The molecule has 4 heteroatoms. The lowest BCUT2D eigenvalue weighted by Gasteiger charge is -2.24. The minimum atomic E-state index is 0.139. The van der Waals surface area contributed by atoms with E-state index in [9.17, 15) is 0 Å². The Morgan fingerprint density at radius 2 is 2.24 bits per heavy atom. The summed E-state index contributed by atoms with van der Waals surface area (Å²) in [7, 11) is 1.71. The minimum absolute atomic E-state index is 0.139. The van der Waals surface area contributed by atoms with Crippen molar-refractivity contribution in [2.75, 3.05) is 25.6 Å². The molecule has 92 valence electrons. The zero-order valence-electron chi connectivity index (χ0n) is 10.7. The highest BCUT2D eigenvalue weighted by Crippen LogP contribution is 2.20. The molecular weight excluding hydrogens is 214 g/mol. The van der Waals surface area contributed by atoms with Gasteiger partial charge in [0.25, 0.3) is 0 Å². The summed E-state index contributed by atoms with van der Waals surface area (Å²) in [5, 5.41) is 12.0. The van der Waals surface area contributed by atoms with Crippen molar-refractivity contribution in [2.45, 2.75) is 20.3 Å². The van der Waals surface area contributed by atoms with Gasteiger partial charge in [-0.2, -0.15) is 5.26 Å². The van der Waals surface area contributed by atoms with Crippen molar-refractivity contribution in [3.63, 3.8) is 0 Å². The Morgan fingerprint density at radius 1 is 1.47 bits per heavy atom. The van der Waals surface area contributed by atoms with E-state index in [1.54, 1.807) is 13.2 Å². The monoisotopic (exact) mass is 233 g/mol. The number of nitrogens with zero attached hydrogens (tertiary/aromatic N) is 2. The molecule has 0 spiro atoms. The molecule has 0 unspecified atom stereocenters. The van der Waals surface area contributed by atoms with Crippen molar-refractivity contribution in [2.24, 2.45) is 5.41 Å². The van der Waals surface area contributed by atoms with Gasteiger partial charge < -0.3 is 10.1 Å². The van der Waals surface area contributed by atoms with E-state index in [-0.39, 0.29) is 5.41 Å². The minimum Gasteiger partial charge on any atom is -0.385 e. The molecule has 0 aliphatic rings. The van der Waals surface area contributed by atoms with Crippen molar-refractivity contribution in [3.05, 3.63) is 23.9 Å². The number of nitrogens with one attached hydrogen (secondary N) is 1. The highest BCUT2D eigenvalue weighted by molar-refractivity contribution is 5.38. The van der Waals surface area contributed by atoms with Gasteiger partial charge in [-0.15, -0.1) is 0 Å². The number of rotatable bonds is 6. The zero-order chi connectivity index (χ0) is 12.7. The highest BCUT2D eigenvalue weighted by Gasteiger charge is 2.17. The third-order valence-electron chi connectivity index (χ3n) is 2.59. The summed E-state index contributed by atoms with van der Waals surface area (Å²) in [6.45, 7) is 5.90. The van der Waals surface area contributed by atoms with Crippen LogP contribution in [0.3, 0.4) is 0 Å². The Morgan fingerprint density at radius 3 is 2.88 bits per heavy atom. The van der Waals surface area contributed by atoms with Gasteiger partial charge in [-0.1, -0.05) is 19.9 Å². The van der Waals surface area contributed by atoms with Gasteiger partial charge in [0, 0.05) is 20.3 Å². The molecule has 0 saturated heterocycles. The molecule has 0 aliphatic carbocycles. The molecule has 0 aromatic carbocycles. The van der Waals surface area contributed by atoms with Crippen LogP contribution in [0, 0.1) is 16.7 Å². The van der Waals surface area contributed by atoms with Gasteiger partial charge in [0.2, 0.25) is 0 Å². The number of nitriles is 1. The van der Waals surface area contributed by atoms with Crippen LogP contribution in [0.2, 0.25) is 0 Å². The first-order valence-corrected chi connectivity index (χ1v) is 5.67. The van der Waals surface area contributed by atoms with Crippen LogP contribution in [0.15, 0.2) is 18.2 Å². The van der Waals surface area contributed by atoms with Crippen LogP contribution in [0.5, 0.6) is 0 Å². The summed E-state index contributed by atoms with van der Waals surface area (Å²) < 4.78 is 5.08. The number of aromatic nitrogens is 1. The van der Waals surface area contributed by atoms with Gasteiger partial charge in [-0.05, 0) is 24.0 Å². The summed E-state index contributed by atoms with van der Waals surface area (Å²) in [6.07, 6.45) is 0.981. The molecule has 1 aromatic heterocycles. The molecule has 1 aromatic rings. The van der Waals surface area contributed by atoms with Crippen molar-refractivity contribution in [1.82, 2.24) is 4.98 Å². The summed E-state index contributed by atoms with van der Waals surface area (Å²) in [6, 6.07) is 7.42. The summed E-state index contributed by atoms with van der Waals surface area (Å²) in [5.41, 5.74) is 0.574. The average molecular weight is 233 g/mol. The third kappa shape index (κ3) is 4.83. The summed E-state index contributed by atoms with van der Waals surface area (Å²) >= 11 is 0. The predicted octanol–water partition coefficient (Wildman–Crippen LogP) is 2.43. The number of ether oxygens (including phenoxy) is 1. The highest BCUT2D eigenvalue weighted by atomic mass is 16.5. The SMILES string of the molecule is COCCC(C)(C)CNc1cccc(C#N)n1. The molecular formula is C13H19N3O. The zero-order valence-corrected chi connectivity index (χ0v) is 10.7. The molecule has 0 atom stereocenters. The van der Waals surface area contributed by atoms with Crippen LogP contribution in [-0.2, 0) is 4.74 Å². The van der Waals surface area contributed by atoms with Gasteiger partial charge in [0.15, 0.2) is 0 Å². The van der Waals surface area contributed by atoms with Crippen molar-refractivity contribution in [3.8, 4) is 6.07 Å². The Kier molecular flexibility index (Phi) is 4.92. The van der Waals surface area contributed by atoms with E-state index in [4.69, 9.17) is 10.00 Å². The molecule has 1 N–H and O–H groups in total. The Hall–Kier alpha value is -1.60. The second-order valence-electron chi connectivity index (χ2n) is 4.78. The molecule has 1 heterocycles. The van der Waals surface area contributed by atoms with E-state index in [0.717, 1.165) is 25.4 Å². The first kappa shape index (κ1) is 13.5. The lowest BCUT2D eigenvalue weighted by Crippen LogP contribution is -2.25. The maximum Gasteiger partial charge on any atom is 0.142 e. The van der Waals surface area contributed by atoms with Gasteiger partial charge in [-0.3, -0.25) is 0 Å². The number of anilines is 1. The number of methoxy groups -OCH3 is 1. The quantitative estimate of drug-likeness (QED) is 0.819. The van der Waals surface area contributed by atoms with Gasteiger partial charge in [0.1, 0.15) is 17.6 Å². The molecule has 1 rings (SSSR count). The van der Waals surface area contributed by atoms with Crippen LogP contribution in [0.1, 0.15) is 26.0 Å². The second kappa shape index (κ2) is 6.21. The molecule has 0 amide bonds. The van der Waals surface area contributed by atoms with Gasteiger partial charge >= 0.3 is 0 Å². The first-order valence-electron chi connectivity index (χ1n) is 5.67. The molecule has 0 radical (unpaired) electrons. The van der Waals surface area contributed by atoms with Crippen molar-refractivity contribution in [1.29, 1.82) is 5.26 Å². The number of hydrogen-bond donors (Lipinski definition) is 1. The topological polar surface area (TPSA) is 57.9 Å². The van der Waals surface area contributed by atoms with Crippen molar-refractivity contribution >= 4 is 5.82 Å². The van der Waals surface area contributed by atoms with Crippen LogP contribution in [0.25, 0.3) is 0 Å². The third-order valence-corrected chi connectivity index (χ3v) is 2.59. The second-order valence-corrected chi connectivity index (χ2v) is 4.78. The van der Waals surface area contributed by atoms with Crippen LogP contribution in [-0.4, -0.2) is 25.2 Å². The number of hydrogen-bond acceptors (Lipinski definition) is 4. The molecule has 17 heavy (non-hydrogen) atoms. The smallest absolute Gasteiger partial charge is 0.142 e. The summed E-state index contributed by atoms with van der Waals surface area (Å²) in [5.74, 6) is 0.745. The predicted molar refractivity (Wildman–Crippen MR) is 67.7 cm³/mol. The standard InChI is InChI=1S/C13H19N3O/c1-13(2,7-8-17-3)10-15-12-6-4-5-11(9-14)16-12/h4-6H,7-8,10H2,1-3H3,(H,15,16). The molecule has 0 bridgehead atoms.